The molecule has 2 aromatic heterocycles. The lowest BCUT2D eigenvalue weighted by atomic mass is 9.66. The van der Waals surface area contributed by atoms with E-state index in [1.54, 1.807) is 0 Å². The number of imidazole rings is 1. The summed E-state index contributed by atoms with van der Waals surface area (Å²) in [5, 5.41) is 2.41. The van der Waals surface area contributed by atoms with Crippen molar-refractivity contribution in [3.05, 3.63) is 204 Å². The van der Waals surface area contributed by atoms with Crippen LogP contribution in [0.3, 0.4) is 0 Å². The molecule has 0 amide bonds. The molecule has 4 aliphatic rings. The predicted octanol–water partition coefficient (Wildman–Crippen LogP) is 10.7. The van der Waals surface area contributed by atoms with E-state index in [9.17, 15) is 0 Å². The van der Waals surface area contributed by atoms with Gasteiger partial charge in [-0.1, -0.05) is 158 Å². The zero-order valence-electron chi connectivity index (χ0n) is 28.8. The van der Waals surface area contributed by atoms with Gasteiger partial charge in [-0.2, -0.15) is 0 Å². The van der Waals surface area contributed by atoms with Gasteiger partial charge in [-0.05, 0) is 91.0 Å². The Balaban J connectivity index is 1.26. The zero-order valence-corrected chi connectivity index (χ0v) is 29.8. The summed E-state index contributed by atoms with van der Waals surface area (Å²) in [6.45, 7) is 0. The minimum absolute atomic E-state index is 0.321. The summed E-state index contributed by atoms with van der Waals surface area (Å²) in [6, 6.07) is 49.9. The van der Waals surface area contributed by atoms with E-state index in [-0.39, 0.29) is 0 Å². The molecule has 12 rings (SSSR count). The zero-order chi connectivity index (χ0) is 34.7. The first-order chi connectivity index (χ1) is 26.3. The van der Waals surface area contributed by atoms with Gasteiger partial charge in [0.1, 0.15) is 8.80 Å². The third-order valence-electron chi connectivity index (χ3n) is 12.1. The number of hydrogen-bond donors (Lipinski definition) is 0. The molecule has 0 N–H and O–H groups in total. The van der Waals surface area contributed by atoms with E-state index in [1.807, 2.05) is 0 Å². The van der Waals surface area contributed by atoms with E-state index in [1.165, 1.54) is 66.3 Å². The molecule has 0 bridgehead atoms. The second-order valence-corrected chi connectivity index (χ2v) is 17.3. The van der Waals surface area contributed by atoms with E-state index in [2.05, 4.69) is 186 Å². The molecular weight excluding hydrogens is 659 g/mol. The van der Waals surface area contributed by atoms with E-state index in [0.29, 0.717) is 11.1 Å². The van der Waals surface area contributed by atoms with Crippen LogP contribution in [0.5, 0.6) is 0 Å². The SMILES string of the molecule is C1=CC([Si](c2nc3nc4ccccc4n3c3cc4c(cc23)-c2ccccc2C2(c3ccccc3-4)c3ccccc3-c3ccccc32)C2C=CC=C2)C=C1. The Morgan fingerprint density at radius 1 is 0.453 bits per heavy atom. The van der Waals surface area contributed by atoms with E-state index in [4.69, 9.17) is 9.97 Å². The Bertz CT molecular complexity index is 2900. The van der Waals surface area contributed by atoms with Crippen LogP contribution >= 0.6 is 0 Å². The van der Waals surface area contributed by atoms with Crippen molar-refractivity contribution in [2.45, 2.75) is 16.5 Å². The van der Waals surface area contributed by atoms with Crippen LogP contribution < -0.4 is 5.32 Å². The van der Waals surface area contributed by atoms with Gasteiger partial charge < -0.3 is 0 Å². The van der Waals surface area contributed by atoms with Crippen molar-refractivity contribution in [3.8, 4) is 33.4 Å². The van der Waals surface area contributed by atoms with Crippen molar-refractivity contribution < 1.29 is 0 Å². The van der Waals surface area contributed by atoms with Gasteiger partial charge in [0.15, 0.2) is 0 Å². The topological polar surface area (TPSA) is 30.2 Å². The van der Waals surface area contributed by atoms with Gasteiger partial charge in [0.25, 0.3) is 0 Å². The molecule has 1 spiro atoms. The van der Waals surface area contributed by atoms with E-state index >= 15 is 0 Å². The van der Waals surface area contributed by atoms with Crippen molar-refractivity contribution >= 4 is 41.8 Å². The lowest BCUT2D eigenvalue weighted by Gasteiger charge is -2.35. The van der Waals surface area contributed by atoms with Gasteiger partial charge in [0.05, 0.1) is 22.0 Å². The quantitative estimate of drug-likeness (QED) is 0.173. The molecule has 3 nitrogen and oxygen atoms in total. The van der Waals surface area contributed by atoms with Gasteiger partial charge in [-0.15, -0.1) is 0 Å². The molecule has 53 heavy (non-hydrogen) atoms. The molecular formula is C49H32N3Si. The van der Waals surface area contributed by atoms with Crippen molar-refractivity contribution in [1.82, 2.24) is 14.4 Å². The van der Waals surface area contributed by atoms with Gasteiger partial charge in [0.2, 0.25) is 5.78 Å². The first kappa shape index (κ1) is 29.2. The van der Waals surface area contributed by atoms with Crippen molar-refractivity contribution in [3.63, 3.8) is 0 Å². The highest BCUT2D eigenvalue weighted by molar-refractivity contribution is 6.79. The highest BCUT2D eigenvalue weighted by Gasteiger charge is 2.49. The normalized spacial score (nSPS) is 16.2. The Morgan fingerprint density at radius 2 is 0.906 bits per heavy atom. The summed E-state index contributed by atoms with van der Waals surface area (Å²) in [4.78, 5) is 10.8. The van der Waals surface area contributed by atoms with Crippen molar-refractivity contribution in [2.24, 2.45) is 0 Å². The van der Waals surface area contributed by atoms with Gasteiger partial charge in [-0.25, -0.2) is 9.97 Å². The fourth-order valence-corrected chi connectivity index (χ4v) is 13.1. The maximum absolute atomic E-state index is 5.59. The molecule has 247 valence electrons. The number of fused-ring (bicyclic) bond motifs is 17. The number of hydrogen-bond acceptors (Lipinski definition) is 2. The number of rotatable bonds is 3. The lowest BCUT2D eigenvalue weighted by molar-refractivity contribution is 0.775. The smallest absolute Gasteiger partial charge is 0.235 e. The Morgan fingerprint density at radius 3 is 1.45 bits per heavy atom. The summed E-state index contributed by atoms with van der Waals surface area (Å²) in [6.07, 6.45) is 18.3. The minimum Gasteiger partial charge on any atom is -0.276 e. The second-order valence-electron chi connectivity index (χ2n) is 14.6. The maximum Gasteiger partial charge on any atom is 0.235 e. The average molecular weight is 691 g/mol. The number of para-hydroxylation sites is 2. The van der Waals surface area contributed by atoms with Gasteiger partial charge >= 0.3 is 0 Å². The van der Waals surface area contributed by atoms with Crippen LogP contribution in [0.25, 0.3) is 61.1 Å². The Kier molecular flexibility index (Phi) is 5.97. The maximum atomic E-state index is 5.59. The molecule has 2 heterocycles. The minimum atomic E-state index is -1.31. The molecule has 0 unspecified atom stereocenters. The third-order valence-corrected chi connectivity index (χ3v) is 15.2. The molecule has 0 fully saturated rings. The third kappa shape index (κ3) is 3.83. The second kappa shape index (κ2) is 10.8. The molecule has 4 aliphatic carbocycles. The summed E-state index contributed by atoms with van der Waals surface area (Å²) in [5.74, 6) is 0.769. The molecule has 0 aliphatic heterocycles. The number of nitrogens with zero attached hydrogens (tertiary/aromatic N) is 3. The summed E-state index contributed by atoms with van der Waals surface area (Å²) in [5.41, 5.74) is 16.3. The Hall–Kier alpha value is -6.36. The van der Waals surface area contributed by atoms with E-state index < -0.39 is 14.2 Å². The lowest BCUT2D eigenvalue weighted by Crippen LogP contribution is -2.40. The molecule has 0 saturated heterocycles. The van der Waals surface area contributed by atoms with Crippen LogP contribution in [0.4, 0.5) is 0 Å². The molecule has 0 saturated carbocycles. The Labute approximate surface area is 309 Å². The number of benzene rings is 6. The highest BCUT2D eigenvalue weighted by atomic mass is 28.3. The first-order valence-electron chi connectivity index (χ1n) is 18.5. The summed E-state index contributed by atoms with van der Waals surface area (Å²) in [7, 11) is -1.31. The standard InChI is InChI=1S/C49H32N3Si/c1-2-16-31(15-1)53(32-17-3-4-18-32)47-39-29-37-35-21-7-11-25-42(35)49(40-23-9-5-19-33(40)34-20-6-10-24-41(34)49)43-26-12-8-22-36(43)38(37)30-46(39)52-45-28-14-13-27-44(45)50-48(52)51-47/h1-32H. The van der Waals surface area contributed by atoms with Crippen molar-refractivity contribution in [1.29, 1.82) is 0 Å². The fraction of sp³-hybridized carbons (Fsp3) is 0.0612. The predicted molar refractivity (Wildman–Crippen MR) is 219 cm³/mol. The largest absolute Gasteiger partial charge is 0.276 e. The van der Waals surface area contributed by atoms with E-state index in [0.717, 1.165) is 22.3 Å². The van der Waals surface area contributed by atoms with Crippen molar-refractivity contribution in [2.75, 3.05) is 0 Å². The fourth-order valence-electron chi connectivity index (χ4n) is 9.98. The van der Waals surface area contributed by atoms with Crippen LogP contribution in [0.15, 0.2) is 182 Å². The van der Waals surface area contributed by atoms with Gasteiger partial charge in [-0.3, -0.25) is 4.40 Å². The van der Waals surface area contributed by atoms with Crippen LogP contribution in [-0.2, 0) is 5.41 Å². The van der Waals surface area contributed by atoms with Crippen LogP contribution in [0, 0.1) is 0 Å². The molecule has 0 atom stereocenters. The first-order valence-corrected chi connectivity index (χ1v) is 20.2. The summed E-state index contributed by atoms with van der Waals surface area (Å²) < 4.78 is 2.31. The van der Waals surface area contributed by atoms with Crippen LogP contribution in [-0.4, -0.2) is 23.2 Å². The average Bonchev–Trinajstić information content (AvgIpc) is 4.04. The molecule has 8 aromatic rings. The molecule has 6 aromatic carbocycles. The number of allylic oxidation sites excluding steroid dienone is 8. The van der Waals surface area contributed by atoms with Crippen LogP contribution in [0.2, 0.25) is 11.1 Å². The number of aromatic nitrogens is 3. The highest BCUT2D eigenvalue weighted by Crippen LogP contribution is 2.61. The molecule has 1 radical (unpaired) electrons. The molecule has 4 heteroatoms. The monoisotopic (exact) mass is 690 g/mol. The van der Waals surface area contributed by atoms with Crippen LogP contribution in [0.1, 0.15) is 22.3 Å². The summed E-state index contributed by atoms with van der Waals surface area (Å²) >= 11 is 0. The van der Waals surface area contributed by atoms with Gasteiger partial charge in [0, 0.05) is 10.7 Å².